The van der Waals surface area contributed by atoms with Crippen LogP contribution in [0.5, 0.6) is 0 Å². The zero-order valence-electron chi connectivity index (χ0n) is 16.4. The number of carbonyl (C=O) groups excluding carboxylic acids is 1. The number of sulfonamides is 1. The van der Waals surface area contributed by atoms with Crippen LogP contribution < -0.4 is 4.72 Å². The average molecular weight is 430 g/mol. The maximum absolute atomic E-state index is 12.9. The van der Waals surface area contributed by atoms with E-state index in [0.29, 0.717) is 35.8 Å². The molecule has 0 atom stereocenters. The van der Waals surface area contributed by atoms with E-state index < -0.39 is 10.0 Å². The Morgan fingerprint density at radius 3 is 2.38 bits per heavy atom. The summed E-state index contributed by atoms with van der Waals surface area (Å²) in [6.07, 6.45) is 4.67. The minimum atomic E-state index is -3.43. The molecule has 1 N–H and O–H groups in total. The Bertz CT molecular complexity index is 1040. The molecule has 0 radical (unpaired) electrons. The van der Waals surface area contributed by atoms with Crippen molar-refractivity contribution in [3.63, 3.8) is 0 Å². The van der Waals surface area contributed by atoms with Gasteiger partial charge in [-0.25, -0.2) is 8.42 Å². The van der Waals surface area contributed by atoms with Crippen molar-refractivity contribution in [3.8, 4) is 6.07 Å². The van der Waals surface area contributed by atoms with E-state index in [4.69, 9.17) is 5.26 Å². The molecular weight excluding hydrogens is 406 g/mol. The van der Waals surface area contributed by atoms with Gasteiger partial charge in [0.25, 0.3) is 5.91 Å². The van der Waals surface area contributed by atoms with Crippen molar-refractivity contribution in [1.29, 1.82) is 5.26 Å². The highest BCUT2D eigenvalue weighted by molar-refractivity contribution is 7.99. The number of nitriles is 1. The number of piperidine rings is 1. The van der Waals surface area contributed by atoms with Crippen LogP contribution in [0.15, 0.2) is 47.4 Å². The van der Waals surface area contributed by atoms with Gasteiger partial charge in [-0.15, -0.1) is 11.8 Å². The summed E-state index contributed by atoms with van der Waals surface area (Å²) in [6, 6.07) is 14.9. The number of hydrogen-bond acceptors (Lipinski definition) is 5. The molecule has 6 nitrogen and oxygen atoms in total. The third kappa shape index (κ3) is 5.31. The zero-order valence-corrected chi connectivity index (χ0v) is 18.0. The number of anilines is 1. The van der Waals surface area contributed by atoms with Gasteiger partial charge in [0.15, 0.2) is 0 Å². The molecule has 29 heavy (non-hydrogen) atoms. The summed E-state index contributed by atoms with van der Waals surface area (Å²) in [5.74, 6) is 0.278. The monoisotopic (exact) mass is 429 g/mol. The van der Waals surface area contributed by atoms with Crippen LogP contribution in [0.4, 0.5) is 5.69 Å². The Balaban J connectivity index is 1.70. The van der Waals surface area contributed by atoms with Crippen molar-refractivity contribution in [2.75, 3.05) is 30.3 Å². The molecule has 152 valence electrons. The maximum atomic E-state index is 12.9. The van der Waals surface area contributed by atoms with Gasteiger partial charge in [0.1, 0.15) is 0 Å². The molecule has 0 bridgehead atoms. The number of hydrogen-bond donors (Lipinski definition) is 1. The smallest absolute Gasteiger partial charge is 0.253 e. The number of rotatable bonds is 5. The molecule has 0 unspecified atom stereocenters. The van der Waals surface area contributed by atoms with Crippen LogP contribution in [-0.2, 0) is 10.0 Å². The molecule has 1 fully saturated rings. The van der Waals surface area contributed by atoms with E-state index in [1.807, 2.05) is 35.4 Å². The fraction of sp³-hybridized carbons (Fsp3) is 0.333. The number of thioether (sulfide) groups is 1. The SMILES string of the molecule is CSc1ccc(C(=O)N2CCC(c3ccc(C#N)cc3)CC2)cc1NS(C)(=O)=O. The van der Waals surface area contributed by atoms with Crippen LogP contribution >= 0.6 is 11.8 Å². The van der Waals surface area contributed by atoms with Crippen molar-refractivity contribution in [2.45, 2.75) is 23.7 Å². The first-order valence-corrected chi connectivity index (χ1v) is 12.4. The van der Waals surface area contributed by atoms with Crippen molar-refractivity contribution >= 4 is 33.4 Å². The Morgan fingerprint density at radius 2 is 1.83 bits per heavy atom. The topological polar surface area (TPSA) is 90.3 Å². The van der Waals surface area contributed by atoms with Crippen molar-refractivity contribution in [3.05, 3.63) is 59.2 Å². The third-order valence-corrected chi connectivity index (χ3v) is 6.42. The van der Waals surface area contributed by atoms with Crippen LogP contribution in [-0.4, -0.2) is 44.8 Å². The lowest BCUT2D eigenvalue weighted by Crippen LogP contribution is -2.38. The molecule has 0 saturated carbocycles. The number of carbonyl (C=O) groups is 1. The Labute approximate surface area is 176 Å². The first kappa shape index (κ1) is 21.2. The lowest BCUT2D eigenvalue weighted by molar-refractivity contribution is 0.0713. The molecule has 1 saturated heterocycles. The van der Waals surface area contributed by atoms with Gasteiger partial charge in [0.05, 0.1) is 23.6 Å². The molecule has 2 aromatic rings. The first-order valence-electron chi connectivity index (χ1n) is 9.26. The molecule has 2 aromatic carbocycles. The first-order chi connectivity index (χ1) is 13.8. The Hall–Kier alpha value is -2.50. The summed E-state index contributed by atoms with van der Waals surface area (Å²) in [4.78, 5) is 15.5. The van der Waals surface area contributed by atoms with E-state index in [1.165, 1.54) is 17.3 Å². The van der Waals surface area contributed by atoms with E-state index >= 15 is 0 Å². The quantitative estimate of drug-likeness (QED) is 0.733. The van der Waals surface area contributed by atoms with Gasteiger partial charge in [-0.1, -0.05) is 12.1 Å². The summed E-state index contributed by atoms with van der Waals surface area (Å²) in [6.45, 7) is 1.28. The van der Waals surface area contributed by atoms with Crippen molar-refractivity contribution in [1.82, 2.24) is 4.90 Å². The van der Waals surface area contributed by atoms with Gasteiger partial charge in [-0.2, -0.15) is 5.26 Å². The van der Waals surface area contributed by atoms with Crippen LogP contribution in [0.2, 0.25) is 0 Å². The predicted molar refractivity (Wildman–Crippen MR) is 116 cm³/mol. The van der Waals surface area contributed by atoms with Gasteiger partial charge in [-0.3, -0.25) is 9.52 Å². The minimum absolute atomic E-state index is 0.0903. The molecular formula is C21H23N3O3S2. The van der Waals surface area contributed by atoms with E-state index in [2.05, 4.69) is 10.8 Å². The number of nitrogens with zero attached hydrogens (tertiary/aromatic N) is 2. The van der Waals surface area contributed by atoms with E-state index in [1.54, 1.807) is 18.2 Å². The molecule has 0 spiro atoms. The highest BCUT2D eigenvalue weighted by Gasteiger charge is 2.25. The summed E-state index contributed by atoms with van der Waals surface area (Å²) >= 11 is 1.42. The summed E-state index contributed by atoms with van der Waals surface area (Å²) in [7, 11) is -3.43. The molecule has 0 aliphatic carbocycles. The standard InChI is InChI=1S/C21H23N3O3S2/c1-28-20-8-7-18(13-19(20)23-29(2,26)27)21(25)24-11-9-17(10-12-24)16-5-3-15(14-22)4-6-16/h3-8,13,17,23H,9-12H2,1-2H3. The molecule has 3 rings (SSSR count). The zero-order chi connectivity index (χ0) is 21.0. The third-order valence-electron chi connectivity index (χ3n) is 5.04. The predicted octanol–water partition coefficient (Wildman–Crippen LogP) is 3.67. The van der Waals surface area contributed by atoms with Crippen LogP contribution in [0.3, 0.4) is 0 Å². The van der Waals surface area contributed by atoms with Gasteiger partial charge >= 0.3 is 0 Å². The molecule has 8 heteroatoms. The second-order valence-corrected chi connectivity index (χ2v) is 9.69. The summed E-state index contributed by atoms with van der Waals surface area (Å²) < 4.78 is 25.8. The Kier molecular flexibility index (Phi) is 6.50. The van der Waals surface area contributed by atoms with Crippen LogP contribution in [0, 0.1) is 11.3 Å². The Morgan fingerprint density at radius 1 is 1.17 bits per heavy atom. The normalized spacial score (nSPS) is 15.0. The minimum Gasteiger partial charge on any atom is -0.339 e. The van der Waals surface area contributed by atoms with Crippen LogP contribution in [0.25, 0.3) is 0 Å². The van der Waals surface area contributed by atoms with Crippen LogP contribution in [0.1, 0.15) is 40.2 Å². The van der Waals surface area contributed by atoms with Gasteiger partial charge in [0, 0.05) is 23.5 Å². The fourth-order valence-electron chi connectivity index (χ4n) is 3.55. The molecule has 1 aliphatic heterocycles. The molecule has 1 heterocycles. The fourth-order valence-corrected chi connectivity index (χ4v) is 4.72. The highest BCUT2D eigenvalue weighted by Crippen LogP contribution is 2.31. The van der Waals surface area contributed by atoms with Crippen molar-refractivity contribution < 1.29 is 13.2 Å². The number of amides is 1. The van der Waals surface area contributed by atoms with E-state index in [-0.39, 0.29) is 5.91 Å². The average Bonchev–Trinajstić information content (AvgIpc) is 2.72. The maximum Gasteiger partial charge on any atom is 0.253 e. The van der Waals surface area contributed by atoms with Gasteiger partial charge in [0.2, 0.25) is 10.0 Å². The van der Waals surface area contributed by atoms with E-state index in [9.17, 15) is 13.2 Å². The summed E-state index contributed by atoms with van der Waals surface area (Å²) in [5.41, 5.74) is 2.75. The molecule has 1 amide bonds. The largest absolute Gasteiger partial charge is 0.339 e. The second kappa shape index (κ2) is 8.89. The molecule has 0 aromatic heterocycles. The number of likely N-dealkylation sites (tertiary alicyclic amines) is 1. The lowest BCUT2D eigenvalue weighted by atomic mass is 9.89. The van der Waals surface area contributed by atoms with E-state index in [0.717, 1.165) is 24.0 Å². The number of benzene rings is 2. The number of nitrogens with one attached hydrogen (secondary N) is 1. The molecule has 1 aliphatic rings. The second-order valence-electron chi connectivity index (χ2n) is 7.09. The lowest BCUT2D eigenvalue weighted by Gasteiger charge is -2.32. The highest BCUT2D eigenvalue weighted by atomic mass is 32.2. The van der Waals surface area contributed by atoms with Crippen molar-refractivity contribution in [2.24, 2.45) is 0 Å². The van der Waals surface area contributed by atoms with Gasteiger partial charge in [-0.05, 0) is 60.9 Å². The van der Waals surface area contributed by atoms with Gasteiger partial charge < -0.3 is 4.90 Å². The summed E-state index contributed by atoms with van der Waals surface area (Å²) in [5, 5.41) is 8.92.